The van der Waals surface area contributed by atoms with Crippen LogP contribution < -0.4 is 5.32 Å². The molecule has 1 aliphatic carbocycles. The molecule has 1 amide bonds. The number of halogens is 1. The number of aromatic nitrogens is 1. The van der Waals surface area contributed by atoms with Crippen LogP contribution in [0.15, 0.2) is 47.6 Å². The number of nitrogens with one attached hydrogen (secondary N) is 1. The van der Waals surface area contributed by atoms with E-state index < -0.39 is 0 Å². The predicted molar refractivity (Wildman–Crippen MR) is 104 cm³/mol. The molecule has 5 heteroatoms. The average Bonchev–Trinajstić information content (AvgIpc) is 2.64. The fraction of sp³-hybridized carbons (Fsp3) is 0.429. The maximum absolute atomic E-state index is 13.3. The summed E-state index contributed by atoms with van der Waals surface area (Å²) in [7, 11) is 0. The Morgan fingerprint density at radius 2 is 2.12 bits per heavy atom. The molecule has 3 rings (SSSR count). The molecule has 0 aliphatic heterocycles. The van der Waals surface area contributed by atoms with Crippen molar-refractivity contribution in [2.45, 2.75) is 49.9 Å². The molecule has 2 aromatic rings. The van der Waals surface area contributed by atoms with E-state index in [1.54, 1.807) is 18.3 Å². The first-order valence-corrected chi connectivity index (χ1v) is 10.2. The largest absolute Gasteiger partial charge is 0.349 e. The van der Waals surface area contributed by atoms with E-state index in [0.29, 0.717) is 28.2 Å². The Morgan fingerprint density at radius 1 is 1.27 bits per heavy atom. The quantitative estimate of drug-likeness (QED) is 0.745. The van der Waals surface area contributed by atoms with E-state index in [1.165, 1.54) is 30.3 Å². The predicted octanol–water partition coefficient (Wildman–Crippen LogP) is 5.07. The van der Waals surface area contributed by atoms with Gasteiger partial charge in [0.15, 0.2) is 0 Å². The van der Waals surface area contributed by atoms with Gasteiger partial charge in [-0.25, -0.2) is 9.37 Å². The second-order valence-corrected chi connectivity index (χ2v) is 8.09. The molecule has 0 radical (unpaired) electrons. The monoisotopic (exact) mass is 372 g/mol. The maximum atomic E-state index is 13.3. The minimum atomic E-state index is -0.248. The number of hydrogen-bond donors (Lipinski definition) is 1. The van der Waals surface area contributed by atoms with Crippen molar-refractivity contribution in [2.24, 2.45) is 11.8 Å². The normalized spacial score (nSPS) is 22.8. The summed E-state index contributed by atoms with van der Waals surface area (Å²) in [6, 6.07) is 10.3. The summed E-state index contributed by atoms with van der Waals surface area (Å²) in [5, 5.41) is 3.90. The van der Waals surface area contributed by atoms with Gasteiger partial charge in [0.05, 0.1) is 5.56 Å². The first-order chi connectivity index (χ1) is 12.5. The van der Waals surface area contributed by atoms with E-state index in [1.807, 2.05) is 12.1 Å². The zero-order chi connectivity index (χ0) is 18.5. The van der Waals surface area contributed by atoms with Gasteiger partial charge >= 0.3 is 0 Å². The Kier molecular flexibility index (Phi) is 6.30. The highest BCUT2D eigenvalue weighted by molar-refractivity contribution is 7.98. The van der Waals surface area contributed by atoms with Crippen molar-refractivity contribution in [3.63, 3.8) is 0 Å². The number of carbonyl (C=O) groups is 1. The Hall–Kier alpha value is -1.88. The minimum absolute atomic E-state index is 0.0641. The van der Waals surface area contributed by atoms with Crippen LogP contribution in [0.5, 0.6) is 0 Å². The summed E-state index contributed by atoms with van der Waals surface area (Å²) in [5.74, 6) is 1.37. The first kappa shape index (κ1) is 18.9. The lowest BCUT2D eigenvalue weighted by Crippen LogP contribution is -2.43. The number of pyridine rings is 1. The molecule has 1 heterocycles. The zero-order valence-electron chi connectivity index (χ0n) is 15.2. The molecule has 138 valence electrons. The smallest absolute Gasteiger partial charge is 0.254 e. The van der Waals surface area contributed by atoms with Gasteiger partial charge in [0.1, 0.15) is 10.8 Å². The standard InChI is InChI=1S/C21H25FN2OS/c1-14-6-3-10-19(15(14)2)24-20(25)18-9-5-11-23-21(18)26-13-16-7-4-8-17(22)12-16/h4-5,7-9,11-12,14-15,19H,3,6,10,13H2,1-2H3,(H,24,25)/t14-,15+,19+/m1/s1. The van der Waals surface area contributed by atoms with E-state index in [-0.39, 0.29) is 17.8 Å². The second kappa shape index (κ2) is 8.67. The number of amides is 1. The SMILES string of the molecule is C[C@H]1[C@H](C)CCC[C@@H]1NC(=O)c1cccnc1SCc1cccc(F)c1. The summed E-state index contributed by atoms with van der Waals surface area (Å²) in [5.41, 5.74) is 1.47. The van der Waals surface area contributed by atoms with Gasteiger partial charge in [0, 0.05) is 18.0 Å². The van der Waals surface area contributed by atoms with E-state index in [9.17, 15) is 9.18 Å². The lowest BCUT2D eigenvalue weighted by molar-refractivity contribution is 0.0887. The molecule has 0 spiro atoms. The summed E-state index contributed by atoms with van der Waals surface area (Å²) in [6.07, 6.45) is 5.11. The lowest BCUT2D eigenvalue weighted by Gasteiger charge is -2.34. The van der Waals surface area contributed by atoms with Crippen LogP contribution in [-0.2, 0) is 5.75 Å². The van der Waals surface area contributed by atoms with Gasteiger partial charge < -0.3 is 5.32 Å². The van der Waals surface area contributed by atoms with Crippen molar-refractivity contribution < 1.29 is 9.18 Å². The molecule has 1 aromatic heterocycles. The number of carbonyl (C=O) groups excluding carboxylic acids is 1. The zero-order valence-corrected chi connectivity index (χ0v) is 16.1. The highest BCUT2D eigenvalue weighted by Gasteiger charge is 2.29. The van der Waals surface area contributed by atoms with Crippen molar-refractivity contribution >= 4 is 17.7 Å². The van der Waals surface area contributed by atoms with Crippen molar-refractivity contribution in [1.82, 2.24) is 10.3 Å². The van der Waals surface area contributed by atoms with Crippen LogP contribution in [0.1, 0.15) is 49.0 Å². The molecule has 3 nitrogen and oxygen atoms in total. The van der Waals surface area contributed by atoms with Crippen molar-refractivity contribution in [1.29, 1.82) is 0 Å². The number of thioether (sulfide) groups is 1. The van der Waals surface area contributed by atoms with Crippen LogP contribution in [-0.4, -0.2) is 16.9 Å². The van der Waals surface area contributed by atoms with Crippen LogP contribution in [0, 0.1) is 17.7 Å². The molecule has 1 aromatic carbocycles. The van der Waals surface area contributed by atoms with E-state index in [2.05, 4.69) is 24.1 Å². The highest BCUT2D eigenvalue weighted by Crippen LogP contribution is 2.30. The molecule has 1 saturated carbocycles. The third-order valence-electron chi connectivity index (χ3n) is 5.30. The number of benzene rings is 1. The van der Waals surface area contributed by atoms with Gasteiger partial charge in [0.25, 0.3) is 5.91 Å². The van der Waals surface area contributed by atoms with E-state index >= 15 is 0 Å². The topological polar surface area (TPSA) is 42.0 Å². The van der Waals surface area contributed by atoms with Gasteiger partial charge in [-0.15, -0.1) is 11.8 Å². The third kappa shape index (κ3) is 4.64. The maximum Gasteiger partial charge on any atom is 0.254 e. The molecular weight excluding hydrogens is 347 g/mol. The summed E-state index contributed by atoms with van der Waals surface area (Å²) < 4.78 is 13.3. The molecule has 0 bridgehead atoms. The van der Waals surface area contributed by atoms with Crippen molar-refractivity contribution in [3.8, 4) is 0 Å². The van der Waals surface area contributed by atoms with Crippen LogP contribution >= 0.6 is 11.8 Å². The summed E-state index contributed by atoms with van der Waals surface area (Å²) in [6.45, 7) is 4.48. The van der Waals surface area contributed by atoms with Gasteiger partial charge in [-0.3, -0.25) is 4.79 Å². The Balaban J connectivity index is 1.69. The Labute approximate surface area is 158 Å². The minimum Gasteiger partial charge on any atom is -0.349 e. The van der Waals surface area contributed by atoms with Crippen molar-refractivity contribution in [3.05, 3.63) is 59.5 Å². The van der Waals surface area contributed by atoms with Crippen molar-refractivity contribution in [2.75, 3.05) is 0 Å². The molecule has 3 atom stereocenters. The second-order valence-electron chi connectivity index (χ2n) is 7.12. The lowest BCUT2D eigenvalue weighted by atomic mass is 9.78. The Bertz CT molecular complexity index is 767. The van der Waals surface area contributed by atoms with Crippen LogP contribution in [0.3, 0.4) is 0 Å². The fourth-order valence-corrected chi connectivity index (χ4v) is 4.42. The van der Waals surface area contributed by atoms with Crippen LogP contribution in [0.2, 0.25) is 0 Å². The Morgan fingerprint density at radius 3 is 2.92 bits per heavy atom. The van der Waals surface area contributed by atoms with Gasteiger partial charge in [-0.1, -0.05) is 38.8 Å². The number of rotatable bonds is 5. The molecule has 26 heavy (non-hydrogen) atoms. The number of nitrogens with zero attached hydrogens (tertiary/aromatic N) is 1. The average molecular weight is 373 g/mol. The van der Waals surface area contributed by atoms with Crippen LogP contribution in [0.4, 0.5) is 4.39 Å². The molecule has 1 N–H and O–H groups in total. The van der Waals surface area contributed by atoms with Gasteiger partial charge in [-0.2, -0.15) is 0 Å². The van der Waals surface area contributed by atoms with Gasteiger partial charge in [0.2, 0.25) is 0 Å². The third-order valence-corrected chi connectivity index (χ3v) is 6.38. The summed E-state index contributed by atoms with van der Waals surface area (Å²) >= 11 is 1.46. The fourth-order valence-electron chi connectivity index (χ4n) is 3.49. The van der Waals surface area contributed by atoms with E-state index in [4.69, 9.17) is 0 Å². The molecule has 1 aliphatic rings. The highest BCUT2D eigenvalue weighted by atomic mass is 32.2. The molecule has 0 saturated heterocycles. The first-order valence-electron chi connectivity index (χ1n) is 9.17. The molecule has 1 fully saturated rings. The number of hydrogen-bond acceptors (Lipinski definition) is 3. The summed E-state index contributed by atoms with van der Waals surface area (Å²) in [4.78, 5) is 17.2. The molecular formula is C21H25FN2OS. The molecule has 0 unspecified atom stereocenters. The van der Waals surface area contributed by atoms with E-state index in [0.717, 1.165) is 18.4 Å². The van der Waals surface area contributed by atoms with Crippen LogP contribution in [0.25, 0.3) is 0 Å². The van der Waals surface area contributed by atoms with Gasteiger partial charge in [-0.05, 0) is 48.1 Å².